The Labute approximate surface area is 91.4 Å². The molecule has 15 heavy (non-hydrogen) atoms. The number of hydrogen-bond acceptors (Lipinski definition) is 3. The number of aliphatic hydroxyl groups is 1. The molecular formula is C11H22N2O2. The largest absolute Gasteiger partial charge is 0.393 e. The minimum atomic E-state index is -0.132. The Kier molecular flexibility index (Phi) is 5.05. The summed E-state index contributed by atoms with van der Waals surface area (Å²) in [6.07, 6.45) is 3.51. The summed E-state index contributed by atoms with van der Waals surface area (Å²) in [6.45, 7) is 4.29. The molecule has 4 nitrogen and oxygen atoms in total. The van der Waals surface area contributed by atoms with E-state index in [9.17, 15) is 9.90 Å². The first-order valence-electron chi connectivity index (χ1n) is 5.78. The SMILES string of the molecule is CC(C)NC(=O)CN[C@H]1CC[C@H](O)CC1. The number of rotatable bonds is 4. The van der Waals surface area contributed by atoms with Crippen molar-refractivity contribution in [3.63, 3.8) is 0 Å². The van der Waals surface area contributed by atoms with Gasteiger partial charge in [0.25, 0.3) is 0 Å². The zero-order valence-electron chi connectivity index (χ0n) is 9.62. The molecule has 1 amide bonds. The smallest absolute Gasteiger partial charge is 0.234 e. The van der Waals surface area contributed by atoms with Crippen LogP contribution in [0.25, 0.3) is 0 Å². The summed E-state index contributed by atoms with van der Waals surface area (Å²) in [5, 5.41) is 15.4. The highest BCUT2D eigenvalue weighted by atomic mass is 16.3. The molecule has 3 N–H and O–H groups in total. The van der Waals surface area contributed by atoms with Crippen LogP contribution >= 0.6 is 0 Å². The van der Waals surface area contributed by atoms with E-state index in [1.165, 1.54) is 0 Å². The lowest BCUT2D eigenvalue weighted by molar-refractivity contribution is -0.120. The summed E-state index contributed by atoms with van der Waals surface area (Å²) in [7, 11) is 0. The van der Waals surface area contributed by atoms with Crippen molar-refractivity contribution in [1.82, 2.24) is 10.6 Å². The summed E-state index contributed by atoms with van der Waals surface area (Å²) in [5.41, 5.74) is 0. The molecule has 1 fully saturated rings. The fraction of sp³-hybridized carbons (Fsp3) is 0.909. The van der Waals surface area contributed by atoms with Gasteiger partial charge in [0, 0.05) is 12.1 Å². The molecule has 4 heteroatoms. The molecule has 1 rings (SSSR count). The lowest BCUT2D eigenvalue weighted by atomic mass is 9.93. The van der Waals surface area contributed by atoms with Crippen LogP contribution in [0.1, 0.15) is 39.5 Å². The summed E-state index contributed by atoms with van der Waals surface area (Å²) < 4.78 is 0. The molecule has 0 unspecified atom stereocenters. The molecule has 1 aliphatic carbocycles. The lowest BCUT2D eigenvalue weighted by Gasteiger charge is -2.26. The molecule has 0 atom stereocenters. The quantitative estimate of drug-likeness (QED) is 0.635. The highest BCUT2D eigenvalue weighted by Gasteiger charge is 2.19. The molecular weight excluding hydrogens is 192 g/mol. The van der Waals surface area contributed by atoms with Gasteiger partial charge in [-0.05, 0) is 39.5 Å². The molecule has 0 bridgehead atoms. The predicted octanol–water partition coefficient (Wildman–Crippen LogP) is 0.404. The maximum Gasteiger partial charge on any atom is 0.234 e. The van der Waals surface area contributed by atoms with Crippen LogP contribution in [0.15, 0.2) is 0 Å². The van der Waals surface area contributed by atoms with Gasteiger partial charge in [-0.25, -0.2) is 0 Å². The Morgan fingerprint density at radius 1 is 1.33 bits per heavy atom. The second-order valence-electron chi connectivity index (χ2n) is 4.61. The molecule has 0 aliphatic heterocycles. The molecule has 1 saturated carbocycles. The predicted molar refractivity (Wildman–Crippen MR) is 59.5 cm³/mol. The van der Waals surface area contributed by atoms with Crippen LogP contribution in [0.2, 0.25) is 0 Å². The fourth-order valence-corrected chi connectivity index (χ4v) is 1.89. The van der Waals surface area contributed by atoms with Gasteiger partial charge in [-0.15, -0.1) is 0 Å². The minimum Gasteiger partial charge on any atom is -0.393 e. The number of carbonyl (C=O) groups is 1. The minimum absolute atomic E-state index is 0.0520. The van der Waals surface area contributed by atoms with E-state index in [1.54, 1.807) is 0 Å². The van der Waals surface area contributed by atoms with E-state index in [2.05, 4.69) is 10.6 Å². The van der Waals surface area contributed by atoms with Gasteiger partial charge in [-0.3, -0.25) is 4.79 Å². The Bertz CT molecular complexity index is 199. The van der Waals surface area contributed by atoms with Gasteiger partial charge in [-0.1, -0.05) is 0 Å². The van der Waals surface area contributed by atoms with E-state index in [1.807, 2.05) is 13.8 Å². The van der Waals surface area contributed by atoms with Gasteiger partial charge in [0.1, 0.15) is 0 Å². The maximum absolute atomic E-state index is 11.3. The highest BCUT2D eigenvalue weighted by Crippen LogP contribution is 2.17. The van der Waals surface area contributed by atoms with Crippen LogP contribution in [0, 0.1) is 0 Å². The standard InChI is InChI=1S/C11H22N2O2/c1-8(2)13-11(15)7-12-9-3-5-10(14)6-4-9/h8-10,12,14H,3-7H2,1-2H3,(H,13,15)/t9-,10-. The number of hydrogen-bond donors (Lipinski definition) is 3. The maximum atomic E-state index is 11.3. The van der Waals surface area contributed by atoms with Gasteiger partial charge in [0.2, 0.25) is 5.91 Å². The summed E-state index contributed by atoms with van der Waals surface area (Å²) in [4.78, 5) is 11.3. The van der Waals surface area contributed by atoms with Crippen molar-refractivity contribution in [3.8, 4) is 0 Å². The van der Waals surface area contributed by atoms with E-state index in [0.717, 1.165) is 25.7 Å². The van der Waals surface area contributed by atoms with Crippen molar-refractivity contribution in [1.29, 1.82) is 0 Å². The lowest BCUT2D eigenvalue weighted by Crippen LogP contribution is -2.43. The third kappa shape index (κ3) is 5.14. The third-order valence-electron chi connectivity index (χ3n) is 2.70. The number of aliphatic hydroxyl groups excluding tert-OH is 1. The van der Waals surface area contributed by atoms with E-state index in [-0.39, 0.29) is 18.1 Å². The van der Waals surface area contributed by atoms with Gasteiger partial charge < -0.3 is 15.7 Å². The zero-order valence-corrected chi connectivity index (χ0v) is 9.62. The Hall–Kier alpha value is -0.610. The second-order valence-corrected chi connectivity index (χ2v) is 4.61. The van der Waals surface area contributed by atoms with Crippen LogP contribution in [-0.4, -0.2) is 35.7 Å². The average molecular weight is 214 g/mol. The topological polar surface area (TPSA) is 61.4 Å². The molecule has 0 heterocycles. The Morgan fingerprint density at radius 3 is 2.47 bits per heavy atom. The monoisotopic (exact) mass is 214 g/mol. The van der Waals surface area contributed by atoms with Crippen LogP contribution in [0.5, 0.6) is 0 Å². The molecule has 0 aromatic rings. The number of amides is 1. The van der Waals surface area contributed by atoms with Crippen molar-refractivity contribution in [2.45, 2.75) is 57.7 Å². The normalized spacial score (nSPS) is 26.7. The van der Waals surface area contributed by atoms with Gasteiger partial charge in [0.05, 0.1) is 12.6 Å². The van der Waals surface area contributed by atoms with Crippen molar-refractivity contribution in [2.24, 2.45) is 0 Å². The number of nitrogens with one attached hydrogen (secondary N) is 2. The summed E-state index contributed by atoms with van der Waals surface area (Å²) in [6, 6.07) is 0.596. The first kappa shape index (κ1) is 12.5. The summed E-state index contributed by atoms with van der Waals surface area (Å²) in [5.74, 6) is 0.0520. The summed E-state index contributed by atoms with van der Waals surface area (Å²) >= 11 is 0. The van der Waals surface area contributed by atoms with Crippen LogP contribution in [-0.2, 0) is 4.79 Å². The number of carbonyl (C=O) groups excluding carboxylic acids is 1. The van der Waals surface area contributed by atoms with Gasteiger partial charge in [0.15, 0.2) is 0 Å². The van der Waals surface area contributed by atoms with E-state index >= 15 is 0 Å². The van der Waals surface area contributed by atoms with Crippen LogP contribution in [0.3, 0.4) is 0 Å². The highest BCUT2D eigenvalue weighted by molar-refractivity contribution is 5.78. The molecule has 0 aromatic heterocycles. The molecule has 0 spiro atoms. The van der Waals surface area contributed by atoms with Crippen molar-refractivity contribution in [2.75, 3.05) is 6.54 Å². The van der Waals surface area contributed by atoms with Crippen molar-refractivity contribution >= 4 is 5.91 Å². The Morgan fingerprint density at radius 2 is 1.93 bits per heavy atom. The zero-order chi connectivity index (χ0) is 11.3. The molecule has 0 aromatic carbocycles. The molecule has 88 valence electrons. The third-order valence-corrected chi connectivity index (χ3v) is 2.70. The van der Waals surface area contributed by atoms with Crippen LogP contribution < -0.4 is 10.6 Å². The Balaban J connectivity index is 2.12. The average Bonchev–Trinajstić information content (AvgIpc) is 2.16. The van der Waals surface area contributed by atoms with Crippen molar-refractivity contribution in [3.05, 3.63) is 0 Å². The van der Waals surface area contributed by atoms with E-state index in [4.69, 9.17) is 0 Å². The molecule has 0 saturated heterocycles. The van der Waals surface area contributed by atoms with Crippen molar-refractivity contribution < 1.29 is 9.90 Å². The molecule has 1 aliphatic rings. The van der Waals surface area contributed by atoms with Gasteiger partial charge >= 0.3 is 0 Å². The van der Waals surface area contributed by atoms with E-state index < -0.39 is 0 Å². The first-order chi connectivity index (χ1) is 7.08. The second kappa shape index (κ2) is 6.08. The van der Waals surface area contributed by atoms with Crippen LogP contribution in [0.4, 0.5) is 0 Å². The van der Waals surface area contributed by atoms with E-state index in [0.29, 0.717) is 12.6 Å². The molecule has 0 radical (unpaired) electrons. The first-order valence-corrected chi connectivity index (χ1v) is 5.78. The fourth-order valence-electron chi connectivity index (χ4n) is 1.89. The van der Waals surface area contributed by atoms with Gasteiger partial charge in [-0.2, -0.15) is 0 Å².